The van der Waals surface area contributed by atoms with Crippen LogP contribution in [0.1, 0.15) is 19.4 Å². The summed E-state index contributed by atoms with van der Waals surface area (Å²) in [6.45, 7) is 4.79. The number of benzene rings is 1. The second-order valence-corrected chi connectivity index (χ2v) is 7.43. The van der Waals surface area contributed by atoms with Crippen molar-refractivity contribution in [1.82, 2.24) is 9.62 Å². The predicted molar refractivity (Wildman–Crippen MR) is 86.6 cm³/mol. The molecule has 0 saturated carbocycles. The standard InChI is InChI=1S/C13H19N3O4S.ClH/c1-10-7-15(8-11(2)14-10)21(19,20)9-12-3-5-13(6-4-12)16(17)18;/h3-6,10-11,14H,7-9H2,1-2H3;1H. The Morgan fingerprint density at radius 2 is 1.73 bits per heavy atom. The van der Waals surface area contributed by atoms with Crippen LogP contribution >= 0.6 is 12.4 Å². The van der Waals surface area contributed by atoms with Crippen molar-refractivity contribution in [2.45, 2.75) is 31.7 Å². The number of nitro benzene ring substituents is 1. The molecule has 1 heterocycles. The van der Waals surface area contributed by atoms with Crippen LogP contribution in [0.4, 0.5) is 5.69 Å². The summed E-state index contributed by atoms with van der Waals surface area (Å²) in [7, 11) is -3.41. The van der Waals surface area contributed by atoms with E-state index in [-0.39, 0.29) is 35.9 Å². The molecule has 1 saturated heterocycles. The molecule has 0 radical (unpaired) electrons. The van der Waals surface area contributed by atoms with Crippen molar-refractivity contribution in [3.05, 3.63) is 39.9 Å². The van der Waals surface area contributed by atoms with Gasteiger partial charge in [0.2, 0.25) is 10.0 Å². The average Bonchev–Trinajstić information content (AvgIpc) is 2.37. The summed E-state index contributed by atoms with van der Waals surface area (Å²) in [5.74, 6) is -0.134. The highest BCUT2D eigenvalue weighted by Gasteiger charge is 2.30. The van der Waals surface area contributed by atoms with E-state index in [9.17, 15) is 18.5 Å². The van der Waals surface area contributed by atoms with Gasteiger partial charge in [0.25, 0.3) is 5.69 Å². The average molecular weight is 350 g/mol. The number of nitrogens with zero attached hydrogens (tertiary/aromatic N) is 2. The summed E-state index contributed by atoms with van der Waals surface area (Å²) >= 11 is 0. The Morgan fingerprint density at radius 3 is 2.18 bits per heavy atom. The Kier molecular flexibility index (Phi) is 6.30. The fourth-order valence-corrected chi connectivity index (χ4v) is 4.22. The van der Waals surface area contributed by atoms with Gasteiger partial charge in [-0.15, -0.1) is 12.4 Å². The quantitative estimate of drug-likeness (QED) is 0.657. The number of hydrogen-bond acceptors (Lipinski definition) is 5. The van der Waals surface area contributed by atoms with E-state index in [4.69, 9.17) is 0 Å². The van der Waals surface area contributed by atoms with Crippen molar-refractivity contribution < 1.29 is 13.3 Å². The van der Waals surface area contributed by atoms with Gasteiger partial charge < -0.3 is 5.32 Å². The van der Waals surface area contributed by atoms with Crippen molar-refractivity contribution >= 4 is 28.1 Å². The maximum Gasteiger partial charge on any atom is 0.269 e. The molecule has 1 fully saturated rings. The SMILES string of the molecule is CC1CN(S(=O)(=O)Cc2ccc([N+](=O)[O-])cc2)CC(C)N1.Cl. The van der Waals surface area contributed by atoms with Gasteiger partial charge >= 0.3 is 0 Å². The summed E-state index contributed by atoms with van der Waals surface area (Å²) in [6, 6.07) is 5.86. The van der Waals surface area contributed by atoms with E-state index in [0.717, 1.165) is 0 Å². The largest absolute Gasteiger partial charge is 0.309 e. The molecule has 1 aliphatic heterocycles. The third-order valence-electron chi connectivity index (χ3n) is 3.41. The lowest BCUT2D eigenvalue weighted by molar-refractivity contribution is -0.384. The minimum Gasteiger partial charge on any atom is -0.309 e. The van der Waals surface area contributed by atoms with Crippen LogP contribution in [0.5, 0.6) is 0 Å². The summed E-state index contributed by atoms with van der Waals surface area (Å²) < 4.78 is 26.3. The van der Waals surface area contributed by atoms with Crippen molar-refractivity contribution in [3.8, 4) is 0 Å². The molecule has 1 N–H and O–H groups in total. The summed E-state index contributed by atoms with van der Waals surface area (Å²) in [5, 5.41) is 13.9. The van der Waals surface area contributed by atoms with Crippen molar-refractivity contribution in [3.63, 3.8) is 0 Å². The fraction of sp³-hybridized carbons (Fsp3) is 0.538. The number of nitro groups is 1. The highest BCUT2D eigenvalue weighted by Crippen LogP contribution is 2.17. The molecule has 2 unspecified atom stereocenters. The van der Waals surface area contributed by atoms with Gasteiger partial charge in [0, 0.05) is 37.3 Å². The van der Waals surface area contributed by atoms with Crippen LogP contribution in [0, 0.1) is 10.1 Å². The molecule has 1 aromatic rings. The molecule has 9 heteroatoms. The van der Waals surface area contributed by atoms with Crippen molar-refractivity contribution in [2.24, 2.45) is 0 Å². The Labute approximate surface area is 136 Å². The second-order valence-electron chi connectivity index (χ2n) is 5.47. The zero-order chi connectivity index (χ0) is 15.6. The van der Waals surface area contributed by atoms with Gasteiger partial charge in [0.1, 0.15) is 0 Å². The van der Waals surface area contributed by atoms with E-state index < -0.39 is 14.9 Å². The number of hydrogen-bond donors (Lipinski definition) is 1. The van der Waals surface area contributed by atoms with Crippen molar-refractivity contribution in [2.75, 3.05) is 13.1 Å². The number of halogens is 1. The molecule has 0 aromatic heterocycles. The van der Waals surface area contributed by atoms with Gasteiger partial charge in [0.05, 0.1) is 10.7 Å². The minimum atomic E-state index is -3.41. The number of sulfonamides is 1. The van der Waals surface area contributed by atoms with Gasteiger partial charge in [-0.2, -0.15) is 4.31 Å². The highest BCUT2D eigenvalue weighted by molar-refractivity contribution is 7.88. The molecular weight excluding hydrogens is 330 g/mol. The van der Waals surface area contributed by atoms with E-state index >= 15 is 0 Å². The molecule has 2 rings (SSSR count). The third-order valence-corrected chi connectivity index (χ3v) is 5.20. The fourth-order valence-electron chi connectivity index (χ4n) is 2.52. The molecule has 0 aliphatic carbocycles. The molecule has 0 spiro atoms. The highest BCUT2D eigenvalue weighted by atomic mass is 35.5. The van der Waals surface area contributed by atoms with E-state index in [1.54, 1.807) is 0 Å². The lowest BCUT2D eigenvalue weighted by Gasteiger charge is -2.35. The summed E-state index contributed by atoms with van der Waals surface area (Å²) in [6.07, 6.45) is 0. The maximum atomic E-state index is 12.4. The monoisotopic (exact) mass is 349 g/mol. The van der Waals surface area contributed by atoms with Gasteiger partial charge in [0.15, 0.2) is 0 Å². The number of rotatable bonds is 4. The molecular formula is C13H20ClN3O4S. The molecule has 124 valence electrons. The lowest BCUT2D eigenvalue weighted by Crippen LogP contribution is -2.55. The third kappa shape index (κ3) is 4.64. The lowest BCUT2D eigenvalue weighted by atomic mass is 10.2. The topological polar surface area (TPSA) is 92.5 Å². The number of piperazine rings is 1. The second kappa shape index (κ2) is 7.36. The minimum absolute atomic E-state index is 0. The van der Waals surface area contributed by atoms with Crippen LogP contribution in [0.25, 0.3) is 0 Å². The molecule has 1 aromatic carbocycles. The van der Waals surface area contributed by atoms with Gasteiger partial charge in [-0.1, -0.05) is 12.1 Å². The number of nitrogens with one attached hydrogen (secondary N) is 1. The normalized spacial score (nSPS) is 22.8. The molecule has 0 amide bonds. The van der Waals surface area contributed by atoms with Crippen LogP contribution < -0.4 is 5.32 Å². The zero-order valence-electron chi connectivity index (χ0n) is 12.4. The van der Waals surface area contributed by atoms with Crippen LogP contribution in [0.2, 0.25) is 0 Å². The van der Waals surface area contributed by atoms with Crippen LogP contribution in [0.15, 0.2) is 24.3 Å². The molecule has 22 heavy (non-hydrogen) atoms. The van der Waals surface area contributed by atoms with Gasteiger partial charge in [-0.3, -0.25) is 10.1 Å². The van der Waals surface area contributed by atoms with Crippen LogP contribution in [-0.2, 0) is 15.8 Å². The summed E-state index contributed by atoms with van der Waals surface area (Å²) in [5.41, 5.74) is 0.514. The van der Waals surface area contributed by atoms with E-state index in [1.807, 2.05) is 13.8 Å². The maximum absolute atomic E-state index is 12.4. The number of non-ortho nitro benzene ring substituents is 1. The Hall–Kier alpha value is -1.22. The molecule has 7 nitrogen and oxygen atoms in total. The van der Waals surface area contributed by atoms with E-state index in [1.165, 1.54) is 28.6 Å². The van der Waals surface area contributed by atoms with Crippen LogP contribution in [0.3, 0.4) is 0 Å². The Balaban J connectivity index is 0.00000242. The first-order chi connectivity index (χ1) is 9.78. The Morgan fingerprint density at radius 1 is 1.23 bits per heavy atom. The first kappa shape index (κ1) is 18.8. The summed E-state index contributed by atoms with van der Waals surface area (Å²) in [4.78, 5) is 10.1. The van der Waals surface area contributed by atoms with Crippen LogP contribution in [-0.4, -0.2) is 42.8 Å². The van der Waals surface area contributed by atoms with Crippen molar-refractivity contribution in [1.29, 1.82) is 0 Å². The molecule has 0 bridgehead atoms. The zero-order valence-corrected chi connectivity index (χ0v) is 14.1. The van der Waals surface area contributed by atoms with E-state index in [0.29, 0.717) is 18.7 Å². The first-order valence-corrected chi connectivity index (χ1v) is 8.36. The first-order valence-electron chi connectivity index (χ1n) is 6.75. The molecule has 1 aliphatic rings. The van der Waals surface area contributed by atoms with Gasteiger partial charge in [-0.25, -0.2) is 8.42 Å². The predicted octanol–water partition coefficient (Wildman–Crippen LogP) is 1.53. The van der Waals surface area contributed by atoms with Gasteiger partial charge in [-0.05, 0) is 19.4 Å². The van der Waals surface area contributed by atoms with E-state index in [2.05, 4.69) is 5.32 Å². The smallest absolute Gasteiger partial charge is 0.269 e. The Bertz CT molecular complexity index is 611. The molecule has 2 atom stereocenters.